The van der Waals surface area contributed by atoms with Gasteiger partial charge in [-0.05, 0) is 80.4 Å². The summed E-state index contributed by atoms with van der Waals surface area (Å²) >= 11 is 6.08. The number of anilines is 1. The first-order chi connectivity index (χ1) is 13.1. The monoisotopic (exact) mass is 381 g/mol. The zero-order valence-corrected chi connectivity index (χ0v) is 16.2. The van der Waals surface area contributed by atoms with E-state index >= 15 is 0 Å². The number of benzene rings is 2. The Morgan fingerprint density at radius 1 is 1.11 bits per heavy atom. The molecule has 0 aliphatic carbocycles. The molecule has 0 amide bonds. The number of piperidine rings is 1. The molecule has 4 nitrogen and oxygen atoms in total. The Balaban J connectivity index is 1.60. The Hall–Kier alpha value is -2.30. The van der Waals surface area contributed by atoms with Crippen LogP contribution in [0.2, 0.25) is 5.02 Å². The molecule has 4 rings (SSSR count). The molecule has 1 saturated heterocycles. The van der Waals surface area contributed by atoms with Gasteiger partial charge in [-0.25, -0.2) is 0 Å². The van der Waals surface area contributed by atoms with Crippen LogP contribution in [0.1, 0.15) is 12.8 Å². The summed E-state index contributed by atoms with van der Waals surface area (Å²) in [4.78, 5) is 6.90. The fourth-order valence-corrected chi connectivity index (χ4v) is 3.87. The first kappa shape index (κ1) is 18.1. The normalized spacial score (nSPS) is 15.9. The molecule has 0 saturated carbocycles. The standard InChI is InChI=1S/C22H24ClN3O/c1-26-10-7-15(8-11-26)14-25-21-6-9-24-20-4-2-16(12-18(20)21)17-3-5-22(27)19(23)13-17/h2-6,9,12-13,15,27H,7-8,10-11,14H2,1H3,(H,24,25). The SMILES string of the molecule is CN1CCC(CNc2ccnc3ccc(-c4ccc(O)c(Cl)c4)cc23)CC1. The van der Waals surface area contributed by atoms with Crippen LogP contribution in [0.3, 0.4) is 0 Å². The number of fused-ring (bicyclic) bond motifs is 1. The molecule has 5 heteroatoms. The van der Waals surface area contributed by atoms with Crippen molar-refractivity contribution < 1.29 is 5.11 Å². The maximum Gasteiger partial charge on any atom is 0.134 e. The molecule has 1 aromatic heterocycles. The van der Waals surface area contributed by atoms with Gasteiger partial charge in [-0.15, -0.1) is 0 Å². The average Bonchev–Trinajstić information content (AvgIpc) is 2.69. The van der Waals surface area contributed by atoms with E-state index in [0.29, 0.717) is 10.9 Å². The van der Waals surface area contributed by atoms with E-state index in [9.17, 15) is 5.11 Å². The molecule has 1 fully saturated rings. The zero-order chi connectivity index (χ0) is 18.8. The Labute approximate surface area is 164 Å². The van der Waals surface area contributed by atoms with Gasteiger partial charge < -0.3 is 15.3 Å². The van der Waals surface area contributed by atoms with E-state index in [0.717, 1.165) is 34.3 Å². The van der Waals surface area contributed by atoms with Gasteiger partial charge in [0.05, 0.1) is 10.5 Å². The summed E-state index contributed by atoms with van der Waals surface area (Å²) in [6.45, 7) is 3.34. The average molecular weight is 382 g/mol. The van der Waals surface area contributed by atoms with Crippen LogP contribution in [0, 0.1) is 5.92 Å². The molecule has 0 unspecified atom stereocenters. The predicted molar refractivity (Wildman–Crippen MR) is 113 cm³/mol. The highest BCUT2D eigenvalue weighted by atomic mass is 35.5. The number of nitrogens with one attached hydrogen (secondary N) is 1. The van der Waals surface area contributed by atoms with Crippen LogP contribution in [-0.4, -0.2) is 41.7 Å². The minimum atomic E-state index is 0.100. The van der Waals surface area contributed by atoms with Gasteiger partial charge in [-0.3, -0.25) is 4.98 Å². The first-order valence-electron chi connectivity index (χ1n) is 9.40. The molecule has 1 aliphatic rings. The van der Waals surface area contributed by atoms with E-state index in [2.05, 4.69) is 28.3 Å². The zero-order valence-electron chi connectivity index (χ0n) is 15.5. The number of hydrogen-bond donors (Lipinski definition) is 2. The maximum absolute atomic E-state index is 9.66. The smallest absolute Gasteiger partial charge is 0.134 e. The molecule has 1 aliphatic heterocycles. The largest absolute Gasteiger partial charge is 0.506 e. The fraction of sp³-hybridized carbons (Fsp3) is 0.318. The van der Waals surface area contributed by atoms with E-state index in [1.807, 2.05) is 30.5 Å². The number of halogens is 1. The summed E-state index contributed by atoms with van der Waals surface area (Å²) in [5.41, 5.74) is 4.12. The van der Waals surface area contributed by atoms with Gasteiger partial charge in [-0.2, -0.15) is 0 Å². The van der Waals surface area contributed by atoms with Crippen LogP contribution in [0.5, 0.6) is 5.75 Å². The fourth-order valence-electron chi connectivity index (χ4n) is 3.69. The number of phenols is 1. The molecule has 2 N–H and O–H groups in total. The van der Waals surface area contributed by atoms with Crippen LogP contribution in [-0.2, 0) is 0 Å². The van der Waals surface area contributed by atoms with Gasteiger partial charge in [-0.1, -0.05) is 23.7 Å². The lowest BCUT2D eigenvalue weighted by atomic mass is 9.97. The maximum atomic E-state index is 9.66. The number of hydrogen-bond acceptors (Lipinski definition) is 4. The highest BCUT2D eigenvalue weighted by Crippen LogP contribution is 2.32. The second-order valence-electron chi connectivity index (χ2n) is 7.38. The number of aromatic hydroxyl groups is 1. The third kappa shape index (κ3) is 4.02. The topological polar surface area (TPSA) is 48.4 Å². The summed E-state index contributed by atoms with van der Waals surface area (Å²) < 4.78 is 0. The molecular formula is C22H24ClN3O. The molecule has 27 heavy (non-hydrogen) atoms. The van der Waals surface area contributed by atoms with Crippen LogP contribution in [0.25, 0.3) is 22.0 Å². The Bertz CT molecular complexity index is 951. The Kier molecular flexibility index (Phi) is 5.19. The van der Waals surface area contributed by atoms with Crippen LogP contribution >= 0.6 is 11.6 Å². The molecule has 0 spiro atoms. The summed E-state index contributed by atoms with van der Waals surface area (Å²) in [6, 6.07) is 13.6. The van der Waals surface area contributed by atoms with E-state index in [1.54, 1.807) is 12.1 Å². The van der Waals surface area contributed by atoms with Crippen molar-refractivity contribution in [3.8, 4) is 16.9 Å². The van der Waals surface area contributed by atoms with Crippen molar-refractivity contribution >= 4 is 28.2 Å². The lowest BCUT2D eigenvalue weighted by Gasteiger charge is -2.29. The number of pyridine rings is 1. The molecule has 2 heterocycles. The molecule has 2 aromatic carbocycles. The van der Waals surface area contributed by atoms with Crippen molar-refractivity contribution in [3.63, 3.8) is 0 Å². The predicted octanol–water partition coefficient (Wildman–Crippen LogP) is 5.01. The minimum absolute atomic E-state index is 0.100. The van der Waals surface area contributed by atoms with Crippen molar-refractivity contribution in [2.45, 2.75) is 12.8 Å². The minimum Gasteiger partial charge on any atom is -0.506 e. The van der Waals surface area contributed by atoms with Crippen molar-refractivity contribution in [2.24, 2.45) is 5.92 Å². The number of rotatable bonds is 4. The van der Waals surface area contributed by atoms with E-state index in [-0.39, 0.29) is 5.75 Å². The Morgan fingerprint density at radius 2 is 1.85 bits per heavy atom. The summed E-state index contributed by atoms with van der Waals surface area (Å²) in [6.07, 6.45) is 4.34. The molecular weight excluding hydrogens is 358 g/mol. The molecule has 3 aromatic rings. The number of phenolic OH excluding ortho intramolecular Hbond substituents is 1. The van der Waals surface area contributed by atoms with Crippen molar-refractivity contribution in [2.75, 3.05) is 32.0 Å². The van der Waals surface area contributed by atoms with Gasteiger partial charge in [0.15, 0.2) is 0 Å². The lowest BCUT2D eigenvalue weighted by molar-refractivity contribution is 0.226. The summed E-state index contributed by atoms with van der Waals surface area (Å²) in [7, 11) is 2.19. The highest BCUT2D eigenvalue weighted by Gasteiger charge is 2.16. The van der Waals surface area contributed by atoms with E-state index in [1.165, 1.54) is 25.9 Å². The van der Waals surface area contributed by atoms with Gasteiger partial charge in [0, 0.05) is 23.8 Å². The molecule has 140 valence electrons. The van der Waals surface area contributed by atoms with Crippen LogP contribution in [0.15, 0.2) is 48.7 Å². The van der Waals surface area contributed by atoms with E-state index in [4.69, 9.17) is 11.6 Å². The first-order valence-corrected chi connectivity index (χ1v) is 9.78. The second kappa shape index (κ2) is 7.75. The van der Waals surface area contributed by atoms with Crippen LogP contribution < -0.4 is 5.32 Å². The lowest BCUT2D eigenvalue weighted by Crippen LogP contribution is -2.32. The number of likely N-dealkylation sites (tertiary alicyclic amines) is 1. The van der Waals surface area contributed by atoms with Gasteiger partial charge in [0.25, 0.3) is 0 Å². The summed E-state index contributed by atoms with van der Waals surface area (Å²) in [5, 5.41) is 14.8. The van der Waals surface area contributed by atoms with E-state index < -0.39 is 0 Å². The van der Waals surface area contributed by atoms with Gasteiger partial charge in [0.2, 0.25) is 0 Å². The van der Waals surface area contributed by atoms with Crippen molar-refractivity contribution in [1.29, 1.82) is 0 Å². The molecule has 0 bridgehead atoms. The quantitative estimate of drug-likeness (QED) is 0.666. The number of aromatic nitrogens is 1. The third-order valence-corrected chi connectivity index (χ3v) is 5.74. The van der Waals surface area contributed by atoms with Crippen molar-refractivity contribution in [1.82, 2.24) is 9.88 Å². The second-order valence-corrected chi connectivity index (χ2v) is 7.79. The van der Waals surface area contributed by atoms with Gasteiger partial charge >= 0.3 is 0 Å². The molecule has 0 radical (unpaired) electrons. The van der Waals surface area contributed by atoms with Crippen molar-refractivity contribution in [3.05, 3.63) is 53.7 Å². The third-order valence-electron chi connectivity index (χ3n) is 5.44. The summed E-state index contributed by atoms with van der Waals surface area (Å²) in [5.74, 6) is 0.812. The van der Waals surface area contributed by atoms with Crippen LogP contribution in [0.4, 0.5) is 5.69 Å². The Morgan fingerprint density at radius 3 is 2.63 bits per heavy atom. The van der Waals surface area contributed by atoms with Gasteiger partial charge in [0.1, 0.15) is 5.75 Å². The molecule has 0 atom stereocenters. The highest BCUT2D eigenvalue weighted by molar-refractivity contribution is 6.32. The number of nitrogens with zero attached hydrogens (tertiary/aromatic N) is 2.